The fraction of sp³-hybridized carbons (Fsp3) is 0.273. The van der Waals surface area contributed by atoms with Crippen LogP contribution in [0, 0.1) is 0 Å². The first-order valence-corrected chi connectivity index (χ1v) is 6.90. The molecule has 0 spiro atoms. The third-order valence-electron chi connectivity index (χ3n) is 2.32. The molecule has 3 nitrogen and oxygen atoms in total. The van der Waals surface area contributed by atoms with E-state index in [1.807, 2.05) is 24.3 Å². The van der Waals surface area contributed by atoms with Crippen molar-refractivity contribution in [2.24, 2.45) is 0 Å². The van der Waals surface area contributed by atoms with Gasteiger partial charge in [0.1, 0.15) is 8.64 Å². The van der Waals surface area contributed by atoms with Crippen molar-refractivity contribution in [1.82, 2.24) is 10.6 Å². The molecule has 98 valence electrons. The highest BCUT2D eigenvalue weighted by molar-refractivity contribution is 8.11. The second-order valence-electron chi connectivity index (χ2n) is 3.59. The molecule has 18 heavy (non-hydrogen) atoms. The summed E-state index contributed by atoms with van der Waals surface area (Å²) >= 11 is 17.9. The first-order valence-electron chi connectivity index (χ1n) is 5.19. The van der Waals surface area contributed by atoms with E-state index in [4.69, 9.17) is 29.5 Å². The molecule has 1 atom stereocenters. The summed E-state index contributed by atoms with van der Waals surface area (Å²) in [4.78, 5) is 0. The maximum absolute atomic E-state index is 9.00. The zero-order chi connectivity index (χ0) is 13.5. The van der Waals surface area contributed by atoms with Crippen molar-refractivity contribution < 1.29 is 5.11 Å². The molecule has 0 aliphatic rings. The quantitative estimate of drug-likeness (QED) is 0.423. The Morgan fingerprint density at radius 1 is 1.17 bits per heavy atom. The van der Waals surface area contributed by atoms with Crippen LogP contribution in [0.2, 0.25) is 0 Å². The number of hydrogen-bond acceptors (Lipinski definition) is 3. The minimum Gasteiger partial charge on any atom is -0.392 e. The third kappa shape index (κ3) is 5.53. The summed E-state index contributed by atoms with van der Waals surface area (Å²) in [5.41, 5.74) is 1.89. The minimum atomic E-state index is -0.0483. The molecule has 1 aromatic rings. The van der Waals surface area contributed by atoms with Gasteiger partial charge >= 0.3 is 0 Å². The first kappa shape index (κ1) is 15.7. The molecule has 0 amide bonds. The standard InChI is InChI=1S/C11H14N2OS4/c14-6-7-1-3-8(4-2-7)9(13-11(17)18)5-12-10(15)16/h1-4,9,14H,5-6H2,(H2,12,15,16)(H2,13,17,18). The van der Waals surface area contributed by atoms with E-state index in [0.29, 0.717) is 15.2 Å². The van der Waals surface area contributed by atoms with E-state index in [1.165, 1.54) is 0 Å². The third-order valence-corrected chi connectivity index (χ3v) is 2.87. The Labute approximate surface area is 128 Å². The molecule has 0 fully saturated rings. The SMILES string of the molecule is OCc1ccc(C(CNC(=S)S)NC(=S)S)cc1. The number of benzene rings is 1. The molecule has 0 aliphatic carbocycles. The summed E-state index contributed by atoms with van der Waals surface area (Å²) in [5, 5.41) is 15.0. The molecule has 0 heterocycles. The van der Waals surface area contributed by atoms with Crippen LogP contribution in [0.25, 0.3) is 0 Å². The molecule has 0 radical (unpaired) electrons. The van der Waals surface area contributed by atoms with E-state index < -0.39 is 0 Å². The van der Waals surface area contributed by atoms with Gasteiger partial charge in [-0.05, 0) is 11.1 Å². The van der Waals surface area contributed by atoms with Crippen LogP contribution in [0.3, 0.4) is 0 Å². The van der Waals surface area contributed by atoms with Crippen molar-refractivity contribution in [2.45, 2.75) is 12.6 Å². The van der Waals surface area contributed by atoms with Gasteiger partial charge in [-0.2, -0.15) is 0 Å². The molecule has 0 saturated heterocycles. The smallest absolute Gasteiger partial charge is 0.131 e. The predicted molar refractivity (Wildman–Crippen MR) is 89.4 cm³/mol. The first-order chi connectivity index (χ1) is 8.52. The van der Waals surface area contributed by atoms with Crippen LogP contribution in [0.1, 0.15) is 17.2 Å². The van der Waals surface area contributed by atoms with Crippen molar-refractivity contribution in [3.05, 3.63) is 35.4 Å². The Kier molecular flexibility index (Phi) is 6.95. The van der Waals surface area contributed by atoms with Gasteiger partial charge in [-0.25, -0.2) is 0 Å². The summed E-state index contributed by atoms with van der Waals surface area (Å²) in [6, 6.07) is 7.54. The highest BCUT2D eigenvalue weighted by atomic mass is 32.1. The highest BCUT2D eigenvalue weighted by Crippen LogP contribution is 2.14. The highest BCUT2D eigenvalue weighted by Gasteiger charge is 2.11. The zero-order valence-corrected chi connectivity index (χ0v) is 12.9. The number of thiocarbonyl (C=S) groups is 2. The Balaban J connectivity index is 2.79. The van der Waals surface area contributed by atoms with Gasteiger partial charge in [0, 0.05) is 6.54 Å². The number of hydrogen-bond donors (Lipinski definition) is 5. The van der Waals surface area contributed by atoms with E-state index in [0.717, 1.165) is 11.1 Å². The molecule has 0 saturated carbocycles. The van der Waals surface area contributed by atoms with Crippen LogP contribution in [-0.4, -0.2) is 20.3 Å². The average molecular weight is 319 g/mol. The number of aliphatic hydroxyl groups is 1. The Morgan fingerprint density at radius 3 is 2.22 bits per heavy atom. The van der Waals surface area contributed by atoms with Crippen LogP contribution in [-0.2, 0) is 6.61 Å². The molecule has 1 rings (SSSR count). The normalized spacial score (nSPS) is 11.7. The lowest BCUT2D eigenvalue weighted by Crippen LogP contribution is -2.33. The fourth-order valence-corrected chi connectivity index (χ4v) is 1.92. The molecule has 1 unspecified atom stereocenters. The number of rotatable bonds is 5. The van der Waals surface area contributed by atoms with E-state index in [-0.39, 0.29) is 12.6 Å². The van der Waals surface area contributed by atoms with Gasteiger partial charge in [0.15, 0.2) is 0 Å². The van der Waals surface area contributed by atoms with Gasteiger partial charge in [0.2, 0.25) is 0 Å². The summed E-state index contributed by atoms with van der Waals surface area (Å²) in [6.07, 6.45) is 0. The van der Waals surface area contributed by atoms with Gasteiger partial charge < -0.3 is 15.7 Å². The van der Waals surface area contributed by atoms with Crippen molar-refractivity contribution in [3.63, 3.8) is 0 Å². The monoisotopic (exact) mass is 318 g/mol. The van der Waals surface area contributed by atoms with E-state index >= 15 is 0 Å². The lowest BCUT2D eigenvalue weighted by atomic mass is 10.1. The van der Waals surface area contributed by atoms with Crippen LogP contribution >= 0.6 is 49.7 Å². The number of thiol groups is 2. The van der Waals surface area contributed by atoms with Gasteiger partial charge in [-0.1, -0.05) is 48.7 Å². The molecule has 0 aliphatic heterocycles. The molecular weight excluding hydrogens is 304 g/mol. The molecule has 3 N–H and O–H groups in total. The molecule has 1 aromatic carbocycles. The summed E-state index contributed by atoms with van der Waals surface area (Å²) in [7, 11) is 0. The summed E-state index contributed by atoms with van der Waals surface area (Å²) in [6.45, 7) is 0.587. The van der Waals surface area contributed by atoms with Crippen molar-refractivity contribution in [2.75, 3.05) is 6.54 Å². The fourth-order valence-electron chi connectivity index (χ4n) is 1.45. The van der Waals surface area contributed by atoms with Crippen LogP contribution < -0.4 is 10.6 Å². The maximum atomic E-state index is 9.00. The van der Waals surface area contributed by atoms with Gasteiger partial charge in [0.05, 0.1) is 12.6 Å². The van der Waals surface area contributed by atoms with Gasteiger partial charge in [-0.3, -0.25) is 0 Å². The van der Waals surface area contributed by atoms with Gasteiger partial charge in [0.25, 0.3) is 0 Å². The predicted octanol–water partition coefficient (Wildman–Crippen LogP) is 1.83. The lowest BCUT2D eigenvalue weighted by Gasteiger charge is -2.20. The van der Waals surface area contributed by atoms with Crippen LogP contribution in [0.4, 0.5) is 0 Å². The van der Waals surface area contributed by atoms with E-state index in [2.05, 4.69) is 35.9 Å². The molecule has 0 bridgehead atoms. The maximum Gasteiger partial charge on any atom is 0.131 e. The van der Waals surface area contributed by atoms with E-state index in [1.54, 1.807) is 0 Å². The molecular formula is C11H14N2OS4. The number of aliphatic hydroxyl groups excluding tert-OH is 1. The van der Waals surface area contributed by atoms with Crippen molar-refractivity contribution in [1.29, 1.82) is 0 Å². The Bertz CT molecular complexity index is 422. The topological polar surface area (TPSA) is 44.3 Å². The zero-order valence-electron chi connectivity index (χ0n) is 9.46. The minimum absolute atomic E-state index is 0.0301. The largest absolute Gasteiger partial charge is 0.392 e. The molecule has 7 heteroatoms. The Hall–Kier alpha value is -0.340. The van der Waals surface area contributed by atoms with Crippen molar-refractivity contribution in [3.8, 4) is 0 Å². The molecule has 0 aromatic heterocycles. The number of nitrogens with one attached hydrogen (secondary N) is 2. The van der Waals surface area contributed by atoms with Crippen LogP contribution in [0.15, 0.2) is 24.3 Å². The van der Waals surface area contributed by atoms with Crippen LogP contribution in [0.5, 0.6) is 0 Å². The van der Waals surface area contributed by atoms with E-state index in [9.17, 15) is 0 Å². The summed E-state index contributed by atoms with van der Waals surface area (Å²) < 4.78 is 0.844. The average Bonchev–Trinajstić information content (AvgIpc) is 2.34. The summed E-state index contributed by atoms with van der Waals surface area (Å²) in [5.74, 6) is 0. The lowest BCUT2D eigenvalue weighted by molar-refractivity contribution is 0.282. The second kappa shape index (κ2) is 7.96. The van der Waals surface area contributed by atoms with Crippen molar-refractivity contribution >= 4 is 58.3 Å². The van der Waals surface area contributed by atoms with Gasteiger partial charge in [-0.15, -0.1) is 25.3 Å². The second-order valence-corrected chi connectivity index (χ2v) is 5.90. The Morgan fingerprint density at radius 2 is 1.78 bits per heavy atom.